The molecular weight excluding hydrogens is 290 g/mol. The summed E-state index contributed by atoms with van der Waals surface area (Å²) in [5, 5.41) is 0. The van der Waals surface area contributed by atoms with Crippen LogP contribution in [0.4, 0.5) is 0 Å². The van der Waals surface area contributed by atoms with E-state index in [0.29, 0.717) is 25.3 Å². The van der Waals surface area contributed by atoms with Crippen LogP contribution >= 0.6 is 0 Å². The third-order valence-electron chi connectivity index (χ3n) is 4.52. The third-order valence-corrected chi connectivity index (χ3v) is 4.52. The lowest BCUT2D eigenvalue weighted by Gasteiger charge is -2.21. The number of fused-ring (bicyclic) bond motifs is 2. The molecule has 0 fully saturated rings. The van der Waals surface area contributed by atoms with Crippen LogP contribution in [0.15, 0.2) is 36.4 Å². The summed E-state index contributed by atoms with van der Waals surface area (Å²) in [6.45, 7) is 1.96. The lowest BCUT2D eigenvalue weighted by atomic mass is 9.99. The fourth-order valence-corrected chi connectivity index (χ4v) is 3.36. The summed E-state index contributed by atoms with van der Waals surface area (Å²) >= 11 is 0. The van der Waals surface area contributed by atoms with Crippen molar-refractivity contribution in [2.75, 3.05) is 20.3 Å². The van der Waals surface area contributed by atoms with E-state index >= 15 is 0 Å². The van der Waals surface area contributed by atoms with E-state index in [0.717, 1.165) is 29.9 Å². The van der Waals surface area contributed by atoms with Crippen molar-refractivity contribution < 1.29 is 14.3 Å². The molecule has 2 heterocycles. The maximum Gasteiger partial charge on any atom is 0.253 e. The van der Waals surface area contributed by atoms with Gasteiger partial charge in [-0.3, -0.25) is 4.79 Å². The molecule has 0 saturated heterocycles. The Balaban J connectivity index is 1.66. The van der Waals surface area contributed by atoms with Crippen LogP contribution in [0.25, 0.3) is 0 Å². The van der Waals surface area contributed by atoms with Crippen LogP contribution in [0.5, 0.6) is 11.5 Å². The molecule has 0 atom stereocenters. The van der Waals surface area contributed by atoms with Gasteiger partial charge in [0.15, 0.2) is 0 Å². The summed E-state index contributed by atoms with van der Waals surface area (Å²) in [6, 6.07) is 11.5. The molecule has 4 rings (SSSR count). The Bertz CT molecular complexity index is 723. The van der Waals surface area contributed by atoms with E-state index in [9.17, 15) is 4.79 Å². The highest BCUT2D eigenvalue weighted by Gasteiger charge is 2.27. The lowest BCUT2D eigenvalue weighted by molar-refractivity contribution is 0.0784. The topological polar surface area (TPSA) is 38.8 Å². The first-order valence-corrected chi connectivity index (χ1v) is 7.98. The predicted octanol–water partition coefficient (Wildman–Crippen LogP) is 2.83. The largest absolute Gasteiger partial charge is 0.493 e. The van der Waals surface area contributed by atoms with Crippen LogP contribution in [-0.4, -0.2) is 31.1 Å². The van der Waals surface area contributed by atoms with Gasteiger partial charge >= 0.3 is 0 Å². The Morgan fingerprint density at radius 3 is 2.74 bits per heavy atom. The molecule has 0 radical (unpaired) electrons. The molecular formula is C19H19NO3. The summed E-state index contributed by atoms with van der Waals surface area (Å²) in [4.78, 5) is 14.4. The van der Waals surface area contributed by atoms with Gasteiger partial charge in [0.25, 0.3) is 5.91 Å². The summed E-state index contributed by atoms with van der Waals surface area (Å²) < 4.78 is 11.6. The second-order valence-electron chi connectivity index (χ2n) is 6.04. The molecule has 0 unspecified atom stereocenters. The van der Waals surface area contributed by atoms with E-state index < -0.39 is 0 Å². The fourth-order valence-electron chi connectivity index (χ4n) is 3.36. The van der Waals surface area contributed by atoms with Gasteiger partial charge in [-0.2, -0.15) is 0 Å². The number of rotatable bonds is 3. The minimum absolute atomic E-state index is 0.0221. The van der Waals surface area contributed by atoms with Gasteiger partial charge in [-0.1, -0.05) is 18.2 Å². The second-order valence-corrected chi connectivity index (χ2v) is 6.04. The van der Waals surface area contributed by atoms with Crippen molar-refractivity contribution in [3.63, 3.8) is 0 Å². The van der Waals surface area contributed by atoms with Gasteiger partial charge < -0.3 is 14.4 Å². The van der Waals surface area contributed by atoms with Crippen molar-refractivity contribution >= 4 is 5.91 Å². The first-order chi connectivity index (χ1) is 11.2. The van der Waals surface area contributed by atoms with Crippen LogP contribution in [0.1, 0.15) is 27.0 Å². The molecule has 2 aliphatic rings. The van der Waals surface area contributed by atoms with E-state index in [4.69, 9.17) is 9.47 Å². The van der Waals surface area contributed by atoms with Crippen LogP contribution in [0.2, 0.25) is 0 Å². The van der Waals surface area contributed by atoms with E-state index in [2.05, 4.69) is 6.07 Å². The highest BCUT2D eigenvalue weighted by molar-refractivity contribution is 5.94. The van der Waals surface area contributed by atoms with Crippen LogP contribution in [-0.2, 0) is 19.4 Å². The van der Waals surface area contributed by atoms with Gasteiger partial charge in [0.2, 0.25) is 0 Å². The first-order valence-electron chi connectivity index (χ1n) is 7.98. The number of hydrogen-bond donors (Lipinski definition) is 0. The number of carbonyl (C=O) groups excluding carboxylic acids is 1. The Hall–Kier alpha value is -2.49. The van der Waals surface area contributed by atoms with Crippen molar-refractivity contribution in [1.82, 2.24) is 4.90 Å². The molecule has 0 saturated carbocycles. The lowest BCUT2D eigenvalue weighted by Crippen LogP contribution is -2.26. The van der Waals surface area contributed by atoms with Crippen molar-refractivity contribution in [3.05, 3.63) is 58.7 Å². The second kappa shape index (κ2) is 5.61. The summed E-state index contributed by atoms with van der Waals surface area (Å²) in [5.41, 5.74) is 4.20. The Kier molecular flexibility index (Phi) is 3.45. The molecule has 0 aromatic heterocycles. The zero-order valence-corrected chi connectivity index (χ0v) is 13.2. The minimum atomic E-state index is 0.0221. The fraction of sp³-hybridized carbons (Fsp3) is 0.316. The van der Waals surface area contributed by atoms with Crippen molar-refractivity contribution in [2.45, 2.75) is 19.4 Å². The van der Waals surface area contributed by atoms with Crippen molar-refractivity contribution in [3.8, 4) is 11.5 Å². The molecule has 0 N–H and O–H groups in total. The SMILES string of the molecule is CN(Cc1c2c(cc3c1OCC3)OCC2)C(=O)c1ccccc1. The predicted molar refractivity (Wildman–Crippen MR) is 87.1 cm³/mol. The zero-order valence-electron chi connectivity index (χ0n) is 13.2. The van der Waals surface area contributed by atoms with Gasteiger partial charge in [-0.25, -0.2) is 0 Å². The molecule has 118 valence electrons. The van der Waals surface area contributed by atoms with Gasteiger partial charge in [0.1, 0.15) is 11.5 Å². The zero-order chi connectivity index (χ0) is 15.8. The number of amides is 1. The molecule has 0 spiro atoms. The van der Waals surface area contributed by atoms with Gasteiger partial charge in [-0.15, -0.1) is 0 Å². The molecule has 0 bridgehead atoms. The molecule has 4 heteroatoms. The smallest absolute Gasteiger partial charge is 0.253 e. The molecule has 4 nitrogen and oxygen atoms in total. The first kappa shape index (κ1) is 14.1. The van der Waals surface area contributed by atoms with Crippen LogP contribution < -0.4 is 9.47 Å². The van der Waals surface area contributed by atoms with E-state index in [-0.39, 0.29) is 5.91 Å². The number of nitrogens with zero attached hydrogens (tertiary/aromatic N) is 1. The van der Waals surface area contributed by atoms with Gasteiger partial charge in [-0.05, 0) is 18.2 Å². The monoisotopic (exact) mass is 309 g/mol. The number of hydrogen-bond acceptors (Lipinski definition) is 3. The van der Waals surface area contributed by atoms with Crippen LogP contribution in [0.3, 0.4) is 0 Å². The summed E-state index contributed by atoms with van der Waals surface area (Å²) in [6.07, 6.45) is 1.80. The third kappa shape index (κ3) is 2.44. The van der Waals surface area contributed by atoms with Crippen LogP contribution in [0, 0.1) is 0 Å². The minimum Gasteiger partial charge on any atom is -0.493 e. The summed E-state index contributed by atoms with van der Waals surface area (Å²) in [5.74, 6) is 1.95. The van der Waals surface area contributed by atoms with Crippen molar-refractivity contribution in [1.29, 1.82) is 0 Å². The number of carbonyl (C=O) groups is 1. The average Bonchev–Trinajstić information content (AvgIpc) is 3.23. The number of ether oxygens (including phenoxy) is 2. The highest BCUT2D eigenvalue weighted by atomic mass is 16.5. The molecule has 2 aliphatic heterocycles. The quantitative estimate of drug-likeness (QED) is 0.875. The summed E-state index contributed by atoms with van der Waals surface area (Å²) in [7, 11) is 1.84. The van der Waals surface area contributed by atoms with Gasteiger partial charge in [0.05, 0.1) is 13.2 Å². The molecule has 2 aromatic carbocycles. The number of benzene rings is 2. The Morgan fingerprint density at radius 1 is 1.13 bits per heavy atom. The molecule has 0 aliphatic carbocycles. The standard InChI is InChI=1S/C19H19NO3/c1-20(19(21)13-5-3-2-4-6-13)12-16-15-8-10-22-17(15)11-14-7-9-23-18(14)16/h2-6,11H,7-10,12H2,1H3. The van der Waals surface area contributed by atoms with E-state index in [1.54, 1.807) is 4.90 Å². The molecule has 2 aromatic rings. The molecule has 1 amide bonds. The highest BCUT2D eigenvalue weighted by Crippen LogP contribution is 2.41. The van der Waals surface area contributed by atoms with E-state index in [1.165, 1.54) is 11.1 Å². The average molecular weight is 309 g/mol. The maximum absolute atomic E-state index is 12.6. The van der Waals surface area contributed by atoms with Crippen molar-refractivity contribution in [2.24, 2.45) is 0 Å². The van der Waals surface area contributed by atoms with Gasteiger partial charge in [0, 0.05) is 48.7 Å². The molecule has 23 heavy (non-hydrogen) atoms. The van der Waals surface area contributed by atoms with E-state index in [1.807, 2.05) is 37.4 Å². The maximum atomic E-state index is 12.6. The normalized spacial score (nSPS) is 14.7. The Labute approximate surface area is 135 Å². The Morgan fingerprint density at radius 2 is 1.91 bits per heavy atom.